The van der Waals surface area contributed by atoms with Crippen LogP contribution in [0.2, 0.25) is 0 Å². The number of rotatable bonds is 6. The monoisotopic (exact) mass is 336 g/mol. The molecule has 0 spiro atoms. The van der Waals surface area contributed by atoms with Gasteiger partial charge >= 0.3 is 0 Å². The number of fused-ring (bicyclic) bond motifs is 2. The number of carbonyl (C=O) groups excluding carboxylic acids is 1. The average molecular weight is 336 g/mol. The van der Waals surface area contributed by atoms with E-state index in [-0.39, 0.29) is 5.91 Å². The summed E-state index contributed by atoms with van der Waals surface area (Å²) in [5, 5.41) is 11.2. The number of nitrogens with zero attached hydrogens (tertiary/aromatic N) is 3. The molecule has 0 aliphatic carbocycles. The molecule has 0 unspecified atom stereocenters. The average Bonchev–Trinajstić information content (AvgIpc) is 3.26. The molecule has 3 heterocycles. The summed E-state index contributed by atoms with van der Waals surface area (Å²) in [7, 11) is 0. The Morgan fingerprint density at radius 2 is 2.16 bits per heavy atom. The fourth-order valence-electron chi connectivity index (χ4n) is 3.12. The van der Waals surface area contributed by atoms with Crippen LogP contribution in [-0.4, -0.2) is 33.7 Å². The largest absolute Gasteiger partial charge is 0.493 e. The number of amides is 1. The summed E-state index contributed by atoms with van der Waals surface area (Å²) in [6.45, 7) is 1.32. The van der Waals surface area contributed by atoms with E-state index in [0.29, 0.717) is 19.4 Å². The third kappa shape index (κ3) is 3.47. The molecule has 0 atom stereocenters. The quantitative estimate of drug-likeness (QED) is 0.747. The van der Waals surface area contributed by atoms with Crippen molar-refractivity contribution in [1.82, 2.24) is 19.9 Å². The number of ether oxygens (including phenoxy) is 1. The molecular formula is C19H20N4O2. The van der Waals surface area contributed by atoms with E-state index in [1.165, 1.54) is 11.1 Å². The van der Waals surface area contributed by atoms with Gasteiger partial charge in [0.15, 0.2) is 5.65 Å². The molecule has 1 aliphatic rings. The van der Waals surface area contributed by atoms with Gasteiger partial charge in [-0.1, -0.05) is 18.2 Å². The third-order valence-corrected chi connectivity index (χ3v) is 4.45. The zero-order valence-electron chi connectivity index (χ0n) is 13.9. The predicted molar refractivity (Wildman–Crippen MR) is 93.7 cm³/mol. The predicted octanol–water partition coefficient (Wildman–Crippen LogP) is 1.96. The first-order valence-corrected chi connectivity index (χ1v) is 8.59. The molecule has 6 heteroatoms. The van der Waals surface area contributed by atoms with Crippen molar-refractivity contribution in [2.75, 3.05) is 13.2 Å². The van der Waals surface area contributed by atoms with E-state index < -0.39 is 0 Å². The molecule has 0 saturated heterocycles. The van der Waals surface area contributed by atoms with Gasteiger partial charge in [-0.2, -0.15) is 0 Å². The van der Waals surface area contributed by atoms with E-state index in [1.54, 1.807) is 0 Å². The third-order valence-electron chi connectivity index (χ3n) is 4.45. The lowest BCUT2D eigenvalue weighted by molar-refractivity contribution is -0.121. The van der Waals surface area contributed by atoms with E-state index >= 15 is 0 Å². The molecule has 6 nitrogen and oxygen atoms in total. The molecule has 128 valence electrons. The normalized spacial score (nSPS) is 12.8. The van der Waals surface area contributed by atoms with Crippen molar-refractivity contribution < 1.29 is 9.53 Å². The second-order valence-electron chi connectivity index (χ2n) is 6.19. The molecule has 1 amide bonds. The highest BCUT2D eigenvalue weighted by molar-refractivity contribution is 5.76. The Kier molecular flexibility index (Phi) is 4.33. The Hall–Kier alpha value is -2.89. The molecule has 1 aliphatic heterocycles. The molecule has 0 radical (unpaired) electrons. The zero-order valence-corrected chi connectivity index (χ0v) is 13.9. The van der Waals surface area contributed by atoms with Crippen molar-refractivity contribution >= 4 is 11.6 Å². The van der Waals surface area contributed by atoms with Gasteiger partial charge in [-0.25, -0.2) is 0 Å². The van der Waals surface area contributed by atoms with Gasteiger partial charge in [0.1, 0.15) is 11.6 Å². The lowest BCUT2D eigenvalue weighted by Gasteiger charge is -2.06. The molecular weight excluding hydrogens is 316 g/mol. The number of aryl methyl sites for hydroxylation is 1. The van der Waals surface area contributed by atoms with Crippen LogP contribution in [-0.2, 0) is 24.1 Å². The van der Waals surface area contributed by atoms with Crippen LogP contribution in [0, 0.1) is 0 Å². The summed E-state index contributed by atoms with van der Waals surface area (Å²) in [5.74, 6) is 1.90. The van der Waals surface area contributed by atoms with E-state index in [4.69, 9.17) is 4.74 Å². The highest BCUT2D eigenvalue weighted by atomic mass is 16.5. The van der Waals surface area contributed by atoms with Crippen molar-refractivity contribution in [3.63, 3.8) is 0 Å². The van der Waals surface area contributed by atoms with Crippen molar-refractivity contribution in [3.8, 4) is 5.75 Å². The van der Waals surface area contributed by atoms with Gasteiger partial charge in [-0.05, 0) is 35.7 Å². The maximum absolute atomic E-state index is 12.1. The van der Waals surface area contributed by atoms with Crippen LogP contribution >= 0.6 is 0 Å². The molecule has 1 N–H and O–H groups in total. The van der Waals surface area contributed by atoms with Gasteiger partial charge in [0, 0.05) is 32.0 Å². The van der Waals surface area contributed by atoms with Crippen LogP contribution in [0.15, 0.2) is 42.6 Å². The maximum atomic E-state index is 12.1. The van der Waals surface area contributed by atoms with Gasteiger partial charge in [-0.15, -0.1) is 10.2 Å². The van der Waals surface area contributed by atoms with Crippen molar-refractivity contribution in [1.29, 1.82) is 0 Å². The summed E-state index contributed by atoms with van der Waals surface area (Å²) in [6.07, 6.45) is 4.78. The first kappa shape index (κ1) is 15.6. The number of aromatic nitrogens is 3. The molecule has 0 bridgehead atoms. The molecule has 25 heavy (non-hydrogen) atoms. The Balaban J connectivity index is 1.25. The highest BCUT2D eigenvalue weighted by Gasteiger charge is 2.12. The number of benzene rings is 1. The molecule has 0 fully saturated rings. The van der Waals surface area contributed by atoms with Crippen LogP contribution in [0.4, 0.5) is 0 Å². The summed E-state index contributed by atoms with van der Waals surface area (Å²) in [4.78, 5) is 12.1. The summed E-state index contributed by atoms with van der Waals surface area (Å²) >= 11 is 0. The van der Waals surface area contributed by atoms with E-state index in [9.17, 15) is 4.79 Å². The maximum Gasteiger partial charge on any atom is 0.220 e. The van der Waals surface area contributed by atoms with Crippen LogP contribution in [0.3, 0.4) is 0 Å². The number of carbonyl (C=O) groups is 1. The molecule has 0 saturated carbocycles. The molecule has 2 aromatic heterocycles. The van der Waals surface area contributed by atoms with Crippen LogP contribution < -0.4 is 10.1 Å². The Labute approximate surface area is 145 Å². The Morgan fingerprint density at radius 1 is 1.20 bits per heavy atom. The van der Waals surface area contributed by atoms with Crippen molar-refractivity contribution in [2.45, 2.75) is 25.7 Å². The van der Waals surface area contributed by atoms with Gasteiger partial charge in [0.2, 0.25) is 5.91 Å². The second-order valence-corrected chi connectivity index (χ2v) is 6.19. The van der Waals surface area contributed by atoms with Gasteiger partial charge in [0.05, 0.1) is 6.61 Å². The lowest BCUT2D eigenvalue weighted by Crippen LogP contribution is -2.26. The number of hydrogen-bond acceptors (Lipinski definition) is 4. The minimum atomic E-state index is 0.0607. The minimum Gasteiger partial charge on any atom is -0.493 e. The Morgan fingerprint density at radius 3 is 3.12 bits per heavy atom. The summed E-state index contributed by atoms with van der Waals surface area (Å²) < 4.78 is 7.45. The van der Waals surface area contributed by atoms with E-state index in [2.05, 4.69) is 21.6 Å². The zero-order chi connectivity index (χ0) is 17.1. The van der Waals surface area contributed by atoms with Crippen molar-refractivity contribution in [2.24, 2.45) is 0 Å². The van der Waals surface area contributed by atoms with E-state index in [0.717, 1.165) is 36.7 Å². The lowest BCUT2D eigenvalue weighted by atomic mass is 10.0. The fourth-order valence-corrected chi connectivity index (χ4v) is 3.12. The van der Waals surface area contributed by atoms with Crippen LogP contribution in [0.1, 0.15) is 23.4 Å². The summed E-state index contributed by atoms with van der Waals surface area (Å²) in [6, 6.07) is 12.0. The number of pyridine rings is 1. The topological polar surface area (TPSA) is 68.5 Å². The minimum absolute atomic E-state index is 0.0607. The highest BCUT2D eigenvalue weighted by Crippen LogP contribution is 2.26. The van der Waals surface area contributed by atoms with E-state index in [1.807, 2.05) is 40.9 Å². The van der Waals surface area contributed by atoms with Crippen LogP contribution in [0.25, 0.3) is 5.65 Å². The number of nitrogens with one attached hydrogen (secondary N) is 1. The van der Waals surface area contributed by atoms with Crippen molar-refractivity contribution in [3.05, 3.63) is 59.5 Å². The SMILES string of the molecule is O=C(CCc1ccc2c(c1)CCO2)NCCc1nnc2ccccn12. The summed E-state index contributed by atoms with van der Waals surface area (Å²) in [5.41, 5.74) is 3.25. The molecule has 1 aromatic carbocycles. The smallest absolute Gasteiger partial charge is 0.220 e. The molecule has 3 aromatic rings. The van der Waals surface area contributed by atoms with Crippen LogP contribution in [0.5, 0.6) is 5.75 Å². The van der Waals surface area contributed by atoms with Gasteiger partial charge in [0.25, 0.3) is 0 Å². The number of hydrogen-bond donors (Lipinski definition) is 1. The first-order chi connectivity index (χ1) is 12.3. The standard InChI is InChI=1S/C19H20N4O2/c24-19(7-5-14-4-6-16-15(13-14)9-12-25-16)20-10-8-18-22-21-17-3-1-2-11-23(17)18/h1-4,6,11,13H,5,7-10,12H2,(H,20,24). The fraction of sp³-hybridized carbons (Fsp3) is 0.316. The second kappa shape index (κ2) is 6.93. The Bertz CT molecular complexity index is 903. The van der Waals surface area contributed by atoms with Gasteiger partial charge < -0.3 is 10.1 Å². The first-order valence-electron chi connectivity index (χ1n) is 8.59. The molecule has 4 rings (SSSR count). The van der Waals surface area contributed by atoms with Gasteiger partial charge in [-0.3, -0.25) is 9.20 Å².